The average molecular weight is 809 g/mol. The number of likely N-dealkylation sites (N-methyl/N-ethyl adjacent to an activating group) is 2. The Kier molecular flexibility index (Phi) is 31.1. The van der Waals surface area contributed by atoms with Crippen molar-refractivity contribution in [1.29, 1.82) is 0 Å². The maximum atomic E-state index is 12.9. The third-order valence-electron chi connectivity index (χ3n) is 11.0. The molecule has 0 saturated carbocycles. The molecule has 4 amide bonds. The highest BCUT2D eigenvalue weighted by Gasteiger charge is 2.38. The van der Waals surface area contributed by atoms with E-state index in [4.69, 9.17) is 14.2 Å². The van der Waals surface area contributed by atoms with Gasteiger partial charge in [0.2, 0.25) is 24.6 Å². The minimum absolute atomic E-state index is 0.0186. The molecule has 0 radical (unpaired) electrons. The van der Waals surface area contributed by atoms with Crippen LogP contribution in [0.5, 0.6) is 5.75 Å². The van der Waals surface area contributed by atoms with Gasteiger partial charge in [-0.15, -0.1) is 0 Å². The van der Waals surface area contributed by atoms with E-state index in [1.165, 1.54) is 6.42 Å². The lowest BCUT2D eigenvalue weighted by Crippen LogP contribution is -2.51. The number of benzene rings is 1. The summed E-state index contributed by atoms with van der Waals surface area (Å²) in [6, 6.07) is 8.31. The summed E-state index contributed by atoms with van der Waals surface area (Å²) in [4.78, 5) is 52.1. The SMILES string of the molecule is CC(C)C(C)N(C)C.CCC.CCC(OC)C([C@@H](C)CC)N(C)C(=O)CNC=O.CNC(c1ccc(OC)cc1)C(C)NC(=O)C(C)C(OC)C1CCCN1C=O. The number of rotatable bonds is 21. The number of carbonyl (C=O) groups excluding carboxylic acids is 4. The maximum absolute atomic E-state index is 12.9. The summed E-state index contributed by atoms with van der Waals surface area (Å²) < 4.78 is 16.3. The lowest BCUT2D eigenvalue weighted by atomic mass is 9.91. The Labute approximate surface area is 347 Å². The number of methoxy groups -OCH3 is 3. The molecule has 1 aromatic rings. The first-order valence-electron chi connectivity index (χ1n) is 20.9. The highest BCUT2D eigenvalue weighted by molar-refractivity contribution is 5.80. The number of amides is 4. The van der Waals surface area contributed by atoms with E-state index >= 15 is 0 Å². The molecular formula is C44H84N6O7. The molecule has 1 aromatic carbocycles. The molecule has 57 heavy (non-hydrogen) atoms. The standard InChI is InChI=1S/C21H33N3O4.C13H26N2O3.C7H17N.C3H8/c1-14(20(28-5)18-7-6-12-24(18)13-25)21(26)23-15(2)19(22-3)16-8-10-17(27-4)11-9-16;1-6-10(3)13(11(7-2)18-5)15(4)12(17)8-14-9-16;1-6(2)7(3)8(4)5;1-3-2/h8-11,13-15,18-20,22H,6-7,12H2,1-5H3,(H,23,26);9-11,13H,6-8H2,1-5H3,(H,14,16);6-7H,1-5H3;3H2,1-2H3/t;10-,11?,13?;;/m.0../s1. The van der Waals surface area contributed by atoms with Crippen LogP contribution in [0.4, 0.5) is 0 Å². The molecule has 13 heteroatoms. The van der Waals surface area contributed by atoms with Gasteiger partial charge in [0, 0.05) is 39.9 Å². The van der Waals surface area contributed by atoms with Crippen LogP contribution in [0.3, 0.4) is 0 Å². The second-order valence-electron chi connectivity index (χ2n) is 15.6. The van der Waals surface area contributed by atoms with E-state index in [9.17, 15) is 19.2 Å². The summed E-state index contributed by atoms with van der Waals surface area (Å²) in [5, 5.41) is 8.79. The van der Waals surface area contributed by atoms with Gasteiger partial charge in [-0.1, -0.05) is 80.4 Å². The van der Waals surface area contributed by atoms with Crippen molar-refractivity contribution in [2.24, 2.45) is 17.8 Å². The third-order valence-corrected chi connectivity index (χ3v) is 11.0. The monoisotopic (exact) mass is 809 g/mol. The highest BCUT2D eigenvalue weighted by Crippen LogP contribution is 2.26. The van der Waals surface area contributed by atoms with Crippen molar-refractivity contribution in [2.45, 2.75) is 144 Å². The molecule has 1 aliphatic heterocycles. The van der Waals surface area contributed by atoms with Crippen molar-refractivity contribution in [1.82, 2.24) is 30.7 Å². The second-order valence-corrected chi connectivity index (χ2v) is 15.6. The van der Waals surface area contributed by atoms with Crippen molar-refractivity contribution < 1.29 is 33.4 Å². The van der Waals surface area contributed by atoms with E-state index in [2.05, 4.69) is 83.4 Å². The van der Waals surface area contributed by atoms with Gasteiger partial charge < -0.3 is 44.9 Å². The maximum Gasteiger partial charge on any atom is 0.242 e. The lowest BCUT2D eigenvalue weighted by Gasteiger charge is -2.37. The minimum Gasteiger partial charge on any atom is -0.497 e. The topological polar surface area (TPSA) is 142 Å². The van der Waals surface area contributed by atoms with Crippen LogP contribution in [0.25, 0.3) is 0 Å². The van der Waals surface area contributed by atoms with Gasteiger partial charge in [0.05, 0.1) is 49.9 Å². The van der Waals surface area contributed by atoms with Gasteiger partial charge >= 0.3 is 0 Å². The zero-order valence-electron chi connectivity index (χ0n) is 38.9. The summed E-state index contributed by atoms with van der Waals surface area (Å²) in [6.45, 7) is 21.8. The van der Waals surface area contributed by atoms with Gasteiger partial charge in [-0.05, 0) is 83.8 Å². The third kappa shape index (κ3) is 19.8. The fourth-order valence-electron chi connectivity index (χ4n) is 6.90. The minimum atomic E-state index is -0.369. The number of ether oxygens (including phenoxy) is 3. The lowest BCUT2D eigenvalue weighted by molar-refractivity contribution is -0.136. The first-order chi connectivity index (χ1) is 27.0. The Hall–Kier alpha value is -3.26. The van der Waals surface area contributed by atoms with Crippen LogP contribution in [0.15, 0.2) is 24.3 Å². The number of nitrogens with one attached hydrogen (secondary N) is 3. The average Bonchev–Trinajstić information content (AvgIpc) is 3.68. The van der Waals surface area contributed by atoms with Crippen LogP contribution in [-0.2, 0) is 28.7 Å². The summed E-state index contributed by atoms with van der Waals surface area (Å²) in [7, 11) is 12.8. The van der Waals surface area contributed by atoms with Gasteiger partial charge in [-0.2, -0.15) is 0 Å². The summed E-state index contributed by atoms with van der Waals surface area (Å²) in [5.41, 5.74) is 1.06. The van der Waals surface area contributed by atoms with Crippen LogP contribution in [0.1, 0.15) is 113 Å². The fourth-order valence-corrected chi connectivity index (χ4v) is 6.90. The van der Waals surface area contributed by atoms with E-state index in [0.29, 0.717) is 18.4 Å². The molecule has 0 aromatic heterocycles. The molecule has 13 nitrogen and oxygen atoms in total. The molecule has 1 aliphatic rings. The molecule has 0 bridgehead atoms. The number of carbonyl (C=O) groups is 4. The molecule has 9 atom stereocenters. The van der Waals surface area contributed by atoms with Crippen LogP contribution in [0.2, 0.25) is 0 Å². The molecule has 3 N–H and O–H groups in total. The summed E-state index contributed by atoms with van der Waals surface area (Å²) in [5.74, 6) is 1.37. The Balaban J connectivity index is 0. The number of hydrogen-bond donors (Lipinski definition) is 3. The van der Waals surface area contributed by atoms with E-state index in [-0.39, 0.29) is 60.7 Å². The van der Waals surface area contributed by atoms with E-state index < -0.39 is 0 Å². The van der Waals surface area contributed by atoms with Crippen molar-refractivity contribution in [3.8, 4) is 5.75 Å². The van der Waals surface area contributed by atoms with Crippen LogP contribution in [-0.4, -0.2) is 138 Å². The van der Waals surface area contributed by atoms with E-state index in [1.54, 1.807) is 38.2 Å². The molecule has 0 aliphatic carbocycles. The Morgan fingerprint density at radius 3 is 1.88 bits per heavy atom. The van der Waals surface area contributed by atoms with Gasteiger partial charge in [-0.25, -0.2) is 0 Å². The van der Waals surface area contributed by atoms with Crippen molar-refractivity contribution in [2.75, 3.05) is 62.6 Å². The van der Waals surface area contributed by atoms with E-state index in [0.717, 1.165) is 55.9 Å². The zero-order chi connectivity index (χ0) is 44.2. The largest absolute Gasteiger partial charge is 0.497 e. The van der Waals surface area contributed by atoms with E-state index in [1.807, 2.05) is 52.1 Å². The van der Waals surface area contributed by atoms with Crippen molar-refractivity contribution in [3.63, 3.8) is 0 Å². The van der Waals surface area contributed by atoms with Gasteiger partial charge in [0.1, 0.15) is 5.75 Å². The van der Waals surface area contributed by atoms with Crippen LogP contribution in [0, 0.1) is 17.8 Å². The van der Waals surface area contributed by atoms with Gasteiger partial charge in [-0.3, -0.25) is 19.2 Å². The number of nitrogens with zero attached hydrogens (tertiary/aromatic N) is 3. The van der Waals surface area contributed by atoms with Gasteiger partial charge in [0.15, 0.2) is 0 Å². The molecule has 8 unspecified atom stereocenters. The van der Waals surface area contributed by atoms with Crippen molar-refractivity contribution >= 4 is 24.6 Å². The predicted molar refractivity (Wildman–Crippen MR) is 233 cm³/mol. The van der Waals surface area contributed by atoms with Crippen LogP contribution >= 0.6 is 0 Å². The normalized spacial score (nSPS) is 17.7. The second kappa shape index (κ2) is 31.7. The fraction of sp³-hybridized carbons (Fsp3) is 0.773. The first kappa shape index (κ1) is 55.8. The quantitative estimate of drug-likeness (QED) is 0.132. The number of likely N-dealkylation sites (tertiary alicyclic amines) is 1. The zero-order valence-corrected chi connectivity index (χ0v) is 38.9. The van der Waals surface area contributed by atoms with Gasteiger partial charge in [0.25, 0.3) is 0 Å². The Bertz CT molecular complexity index is 1190. The Morgan fingerprint density at radius 1 is 0.912 bits per heavy atom. The Morgan fingerprint density at radius 2 is 1.49 bits per heavy atom. The first-order valence-corrected chi connectivity index (χ1v) is 20.9. The molecular weight excluding hydrogens is 725 g/mol. The molecule has 0 spiro atoms. The summed E-state index contributed by atoms with van der Waals surface area (Å²) >= 11 is 0. The van der Waals surface area contributed by atoms with Crippen molar-refractivity contribution in [3.05, 3.63) is 29.8 Å². The smallest absolute Gasteiger partial charge is 0.242 e. The number of hydrogen-bond acceptors (Lipinski definition) is 9. The summed E-state index contributed by atoms with van der Waals surface area (Å²) in [6.07, 6.45) is 5.96. The molecule has 332 valence electrons. The highest BCUT2D eigenvalue weighted by atomic mass is 16.5. The predicted octanol–water partition coefficient (Wildman–Crippen LogP) is 5.77. The molecule has 1 saturated heterocycles. The molecule has 1 fully saturated rings. The van der Waals surface area contributed by atoms with Crippen LogP contribution < -0.4 is 20.7 Å². The molecule has 1 heterocycles. The molecule has 2 rings (SSSR count).